The predicted octanol–water partition coefficient (Wildman–Crippen LogP) is 11.9. The summed E-state index contributed by atoms with van der Waals surface area (Å²) in [5, 5.41) is 31.0. The van der Waals surface area contributed by atoms with Crippen molar-refractivity contribution in [1.29, 1.82) is 0 Å². The smallest absolute Gasteiger partial charge is 0.303 e. The molecule has 45 heavy (non-hydrogen) atoms. The van der Waals surface area contributed by atoms with E-state index < -0.39 is 11.9 Å². The molecule has 0 aromatic heterocycles. The zero-order chi connectivity index (χ0) is 33.8. The van der Waals surface area contributed by atoms with Crippen molar-refractivity contribution in [3.8, 4) is 0 Å². The van der Waals surface area contributed by atoms with Gasteiger partial charge in [0.15, 0.2) is 0 Å². The maximum absolute atomic E-state index is 10.3. The first-order valence-electron chi connectivity index (χ1n) is 18.9. The summed E-state index contributed by atoms with van der Waals surface area (Å²) in [6.45, 7) is 4.54. The molecule has 0 amide bonds. The van der Waals surface area contributed by atoms with Gasteiger partial charge >= 0.3 is 11.9 Å². The summed E-state index contributed by atoms with van der Waals surface area (Å²) in [4.78, 5) is 20.7. The molecular formula is C38H80O6Zr. The molecule has 6 nitrogen and oxygen atoms in total. The molecule has 0 spiro atoms. The van der Waals surface area contributed by atoms with Crippen LogP contribution < -0.4 is 0 Å². The molecule has 4 N–H and O–H groups in total. The molecule has 0 saturated heterocycles. The van der Waals surface area contributed by atoms with Crippen LogP contribution >= 0.6 is 0 Å². The fourth-order valence-electron chi connectivity index (χ4n) is 5.30. The molecule has 0 rings (SSSR count). The molecule has 0 heterocycles. The molecule has 0 aliphatic heterocycles. The standard InChI is InChI=1S/2C18H36O2.2CH4O.Zr/c2*1-2-3-4-5-6-7-8-9-10-11-12-13-14-15-16-17-18(19)20;2*1-2;/h2*2-17H2,1H3,(H,19,20);2*2H,1H3;. The van der Waals surface area contributed by atoms with Gasteiger partial charge in [0.25, 0.3) is 0 Å². The molecule has 0 atom stereocenters. The second-order valence-corrected chi connectivity index (χ2v) is 12.2. The molecule has 0 saturated carbocycles. The van der Waals surface area contributed by atoms with Crippen LogP contribution in [0, 0.1) is 0 Å². The Morgan fingerprint density at radius 1 is 0.311 bits per heavy atom. The van der Waals surface area contributed by atoms with Crippen LogP contribution in [0.5, 0.6) is 0 Å². The minimum atomic E-state index is -0.653. The van der Waals surface area contributed by atoms with Crippen LogP contribution in [0.4, 0.5) is 0 Å². The van der Waals surface area contributed by atoms with Crippen LogP contribution in [0.1, 0.15) is 219 Å². The number of aliphatic carboxylic acids is 2. The van der Waals surface area contributed by atoms with Gasteiger partial charge in [-0.25, -0.2) is 0 Å². The number of carboxylic acid groups (broad SMARTS) is 2. The van der Waals surface area contributed by atoms with Crippen molar-refractivity contribution in [3.63, 3.8) is 0 Å². The van der Waals surface area contributed by atoms with Gasteiger partial charge in [0.2, 0.25) is 0 Å². The maximum atomic E-state index is 10.3. The molecule has 0 bridgehead atoms. The summed E-state index contributed by atoms with van der Waals surface area (Å²) in [5.41, 5.74) is 0. The minimum absolute atomic E-state index is 0. The third-order valence-electron chi connectivity index (χ3n) is 7.99. The Morgan fingerprint density at radius 2 is 0.444 bits per heavy atom. The fourth-order valence-corrected chi connectivity index (χ4v) is 5.30. The van der Waals surface area contributed by atoms with Gasteiger partial charge in [0, 0.05) is 53.3 Å². The van der Waals surface area contributed by atoms with E-state index >= 15 is 0 Å². The zero-order valence-electron chi connectivity index (χ0n) is 30.7. The third-order valence-corrected chi connectivity index (χ3v) is 7.99. The van der Waals surface area contributed by atoms with Gasteiger partial charge in [-0.1, -0.05) is 194 Å². The van der Waals surface area contributed by atoms with Gasteiger partial charge in [-0.15, -0.1) is 0 Å². The van der Waals surface area contributed by atoms with E-state index in [1.165, 1.54) is 167 Å². The Labute approximate surface area is 300 Å². The molecule has 0 aromatic rings. The van der Waals surface area contributed by atoms with Gasteiger partial charge in [0.05, 0.1) is 0 Å². The second kappa shape index (κ2) is 56.1. The van der Waals surface area contributed by atoms with E-state index in [0.717, 1.165) is 39.9 Å². The molecule has 0 aromatic carbocycles. The molecule has 0 unspecified atom stereocenters. The summed E-state index contributed by atoms with van der Waals surface area (Å²) >= 11 is 0. The molecule has 0 fully saturated rings. The van der Waals surface area contributed by atoms with E-state index in [2.05, 4.69) is 13.8 Å². The SMILES string of the molecule is CCCCCCCCCCCCCCCCCC(=O)O.CCCCCCCCCCCCCCCCCC(=O)O.CO.CO.[Zr]. The van der Waals surface area contributed by atoms with E-state index in [1.54, 1.807) is 0 Å². The Kier molecular flexibility index (Phi) is 67.6. The fraction of sp³-hybridized carbons (Fsp3) is 0.947. The number of aliphatic hydroxyl groups is 2. The van der Waals surface area contributed by atoms with Crippen molar-refractivity contribution in [3.05, 3.63) is 0 Å². The molecule has 7 heteroatoms. The summed E-state index contributed by atoms with van der Waals surface area (Å²) < 4.78 is 0. The van der Waals surface area contributed by atoms with Crippen LogP contribution in [0.25, 0.3) is 0 Å². The number of carboxylic acids is 2. The summed E-state index contributed by atoms with van der Waals surface area (Å²) in [7, 11) is 2.00. The van der Waals surface area contributed by atoms with E-state index in [-0.39, 0.29) is 26.2 Å². The predicted molar refractivity (Wildman–Crippen MR) is 191 cm³/mol. The van der Waals surface area contributed by atoms with E-state index in [9.17, 15) is 9.59 Å². The quantitative estimate of drug-likeness (QED) is 0.0514. The average molecular weight is 724 g/mol. The van der Waals surface area contributed by atoms with Crippen molar-refractivity contribution >= 4 is 11.9 Å². The van der Waals surface area contributed by atoms with Crippen LogP contribution in [0.2, 0.25) is 0 Å². The van der Waals surface area contributed by atoms with Crippen LogP contribution in [0.3, 0.4) is 0 Å². The van der Waals surface area contributed by atoms with Gasteiger partial charge < -0.3 is 20.4 Å². The Balaban J connectivity index is -0.000000209. The first-order valence-corrected chi connectivity index (χ1v) is 18.9. The summed E-state index contributed by atoms with van der Waals surface area (Å²) in [6, 6.07) is 0. The van der Waals surface area contributed by atoms with Crippen molar-refractivity contribution in [1.82, 2.24) is 0 Å². The number of unbranched alkanes of at least 4 members (excludes halogenated alkanes) is 28. The summed E-state index contributed by atoms with van der Waals surface area (Å²) in [6.07, 6.45) is 40.4. The Bertz CT molecular complexity index is 461. The zero-order valence-corrected chi connectivity index (χ0v) is 33.2. The van der Waals surface area contributed by atoms with Crippen LogP contribution in [-0.4, -0.2) is 46.6 Å². The van der Waals surface area contributed by atoms with Gasteiger partial charge in [-0.05, 0) is 12.8 Å². The van der Waals surface area contributed by atoms with Crippen LogP contribution in [0.15, 0.2) is 0 Å². The number of aliphatic hydroxyl groups excluding tert-OH is 2. The van der Waals surface area contributed by atoms with Crippen molar-refractivity contribution in [2.45, 2.75) is 219 Å². The molecule has 0 aliphatic carbocycles. The normalized spacial score (nSPS) is 9.91. The number of hydrogen-bond donors (Lipinski definition) is 4. The van der Waals surface area contributed by atoms with E-state index in [0.29, 0.717) is 12.8 Å². The number of rotatable bonds is 32. The Morgan fingerprint density at radius 3 is 0.578 bits per heavy atom. The molecular weight excluding hydrogens is 644 g/mol. The van der Waals surface area contributed by atoms with Gasteiger partial charge in [0.1, 0.15) is 0 Å². The monoisotopic (exact) mass is 723 g/mol. The summed E-state index contributed by atoms with van der Waals surface area (Å²) in [5.74, 6) is -1.31. The number of carbonyl (C=O) groups is 2. The minimum Gasteiger partial charge on any atom is -0.481 e. The van der Waals surface area contributed by atoms with E-state index in [4.69, 9.17) is 20.4 Å². The molecule has 0 aliphatic rings. The first kappa shape index (κ1) is 54.2. The largest absolute Gasteiger partial charge is 0.481 e. The first-order chi connectivity index (χ1) is 21.5. The van der Waals surface area contributed by atoms with Crippen molar-refractivity contribution in [2.75, 3.05) is 14.2 Å². The average Bonchev–Trinajstić information content (AvgIpc) is 3.03. The van der Waals surface area contributed by atoms with E-state index in [1.807, 2.05) is 0 Å². The molecule has 0 radical (unpaired) electrons. The van der Waals surface area contributed by atoms with Crippen molar-refractivity contribution < 1.29 is 56.2 Å². The Hall–Kier alpha value is -0.257. The third kappa shape index (κ3) is 66.9. The molecule has 272 valence electrons. The number of hydrogen-bond acceptors (Lipinski definition) is 4. The topological polar surface area (TPSA) is 115 Å². The second-order valence-electron chi connectivity index (χ2n) is 12.2. The van der Waals surface area contributed by atoms with Crippen molar-refractivity contribution in [2.24, 2.45) is 0 Å². The maximum Gasteiger partial charge on any atom is 0.303 e. The van der Waals surface area contributed by atoms with Gasteiger partial charge in [-0.2, -0.15) is 0 Å². The van der Waals surface area contributed by atoms with Crippen LogP contribution in [-0.2, 0) is 35.8 Å². The van der Waals surface area contributed by atoms with Gasteiger partial charge in [-0.3, -0.25) is 9.59 Å².